The van der Waals surface area contributed by atoms with E-state index in [1.165, 1.54) is 29.2 Å². The van der Waals surface area contributed by atoms with Crippen LogP contribution in [0.1, 0.15) is 25.0 Å². The molecule has 3 aromatic carbocycles. The van der Waals surface area contributed by atoms with Crippen LogP contribution in [0.3, 0.4) is 0 Å². The minimum absolute atomic E-state index is 0.00948. The van der Waals surface area contributed by atoms with Crippen LogP contribution in [0.25, 0.3) is 0 Å². The number of aliphatic hydroxyl groups is 1. The summed E-state index contributed by atoms with van der Waals surface area (Å²) in [4.78, 5) is 14.2. The van der Waals surface area contributed by atoms with Gasteiger partial charge in [0.05, 0.1) is 30.6 Å². The number of phenols is 1. The largest absolute Gasteiger partial charge is 0.504 e. The van der Waals surface area contributed by atoms with Gasteiger partial charge in [-0.1, -0.05) is 50.2 Å². The van der Waals surface area contributed by atoms with Crippen LogP contribution < -0.4 is 10.1 Å². The van der Waals surface area contributed by atoms with Crippen LogP contribution in [0.5, 0.6) is 11.5 Å². The van der Waals surface area contributed by atoms with Gasteiger partial charge < -0.3 is 20.3 Å². The maximum Gasteiger partial charge on any atom is 0.243 e. The molecule has 0 aliphatic carbocycles. The Kier molecular flexibility index (Phi) is 11.4. The minimum Gasteiger partial charge on any atom is -0.504 e. The smallest absolute Gasteiger partial charge is 0.243 e. The number of hydrogen-bond donors (Lipinski definition) is 3. The molecule has 0 bridgehead atoms. The predicted molar refractivity (Wildman–Crippen MR) is 158 cm³/mol. The molecule has 0 saturated heterocycles. The molecule has 0 radical (unpaired) electrons. The van der Waals surface area contributed by atoms with Gasteiger partial charge in [-0.3, -0.25) is 4.79 Å². The first-order valence-corrected chi connectivity index (χ1v) is 15.7. The average Bonchev–Trinajstić information content (AvgIpc) is 2.93. The zero-order valence-electron chi connectivity index (χ0n) is 23.3. The van der Waals surface area contributed by atoms with Gasteiger partial charge in [-0.05, 0) is 66.1 Å². The third-order valence-corrected chi connectivity index (χ3v) is 8.96. The summed E-state index contributed by atoms with van der Waals surface area (Å²) in [6, 6.07) is 20.0. The summed E-state index contributed by atoms with van der Waals surface area (Å²) >= 11 is 1.52. The number of aliphatic hydroxyl groups excluding tert-OH is 1. The zero-order valence-corrected chi connectivity index (χ0v) is 24.9. The molecule has 8 nitrogen and oxygen atoms in total. The number of thioether (sulfide) groups is 1. The molecule has 0 aliphatic rings. The van der Waals surface area contributed by atoms with E-state index in [9.17, 15) is 23.4 Å². The molecule has 0 unspecified atom stereocenters. The SMILES string of the molecule is COc1cc(CC(=O)N[C@@H](Cc2ccccc2)[C@H](O)CN(CC(C)C)S(=O)(=O)c2ccc(SC)cc2)ccc1O. The summed E-state index contributed by atoms with van der Waals surface area (Å²) in [5.74, 6) is -0.109. The number of rotatable bonds is 14. The van der Waals surface area contributed by atoms with E-state index < -0.39 is 22.2 Å². The van der Waals surface area contributed by atoms with E-state index in [0.29, 0.717) is 12.0 Å². The Hall–Kier alpha value is -3.05. The predicted octanol–water partition coefficient (Wildman–Crippen LogP) is 4.10. The number of phenolic OH excluding ortho intramolecular Hbond substituents is 1. The van der Waals surface area contributed by atoms with Gasteiger partial charge in [-0.25, -0.2) is 8.42 Å². The molecule has 0 aliphatic heterocycles. The molecular weight excluding hydrogens is 548 g/mol. The minimum atomic E-state index is -3.90. The van der Waals surface area contributed by atoms with Gasteiger partial charge in [0.2, 0.25) is 15.9 Å². The molecule has 0 spiro atoms. The molecule has 0 heterocycles. The van der Waals surface area contributed by atoms with E-state index in [-0.39, 0.29) is 47.7 Å². The number of benzene rings is 3. The Morgan fingerprint density at radius 1 is 1.00 bits per heavy atom. The summed E-state index contributed by atoms with van der Waals surface area (Å²) in [5.41, 5.74) is 1.52. The highest BCUT2D eigenvalue weighted by molar-refractivity contribution is 7.98. The number of carbonyl (C=O) groups is 1. The Morgan fingerprint density at radius 2 is 1.68 bits per heavy atom. The van der Waals surface area contributed by atoms with Crippen molar-refractivity contribution in [1.82, 2.24) is 9.62 Å². The van der Waals surface area contributed by atoms with Crippen LogP contribution >= 0.6 is 11.8 Å². The highest BCUT2D eigenvalue weighted by Crippen LogP contribution is 2.26. The van der Waals surface area contributed by atoms with Crippen LogP contribution in [0.15, 0.2) is 82.6 Å². The fourth-order valence-electron chi connectivity index (χ4n) is 4.34. The number of sulfonamides is 1. The lowest BCUT2D eigenvalue weighted by molar-refractivity contribution is -0.122. The van der Waals surface area contributed by atoms with E-state index in [0.717, 1.165) is 10.5 Å². The number of methoxy groups -OCH3 is 1. The quantitative estimate of drug-likeness (QED) is 0.244. The van der Waals surface area contributed by atoms with Crippen LogP contribution in [0.2, 0.25) is 0 Å². The summed E-state index contributed by atoms with van der Waals surface area (Å²) in [6.45, 7) is 3.86. The average molecular weight is 587 g/mol. The van der Waals surface area contributed by atoms with E-state index in [1.54, 1.807) is 36.4 Å². The first kappa shape index (κ1) is 31.5. The number of ether oxygens (including phenoxy) is 1. The van der Waals surface area contributed by atoms with Gasteiger partial charge >= 0.3 is 0 Å². The summed E-state index contributed by atoms with van der Waals surface area (Å²) in [7, 11) is -2.47. The van der Waals surface area contributed by atoms with E-state index in [1.807, 2.05) is 50.4 Å². The lowest BCUT2D eigenvalue weighted by atomic mass is 10.00. The maximum absolute atomic E-state index is 13.6. The summed E-state index contributed by atoms with van der Waals surface area (Å²) < 4.78 is 33.7. The molecule has 1 amide bonds. The Morgan fingerprint density at radius 3 is 2.27 bits per heavy atom. The van der Waals surface area contributed by atoms with Crippen molar-refractivity contribution in [2.45, 2.75) is 48.6 Å². The molecule has 3 N–H and O–H groups in total. The lowest BCUT2D eigenvalue weighted by Crippen LogP contribution is -2.51. The molecule has 3 aromatic rings. The van der Waals surface area contributed by atoms with Crippen LogP contribution in [-0.2, 0) is 27.7 Å². The number of nitrogens with zero attached hydrogens (tertiary/aromatic N) is 1. The Bertz CT molecular complexity index is 1350. The van der Waals surface area contributed by atoms with E-state index in [4.69, 9.17) is 4.74 Å². The van der Waals surface area contributed by atoms with Crippen molar-refractivity contribution in [3.05, 3.63) is 83.9 Å². The monoisotopic (exact) mass is 586 g/mol. The molecule has 0 saturated carbocycles. The van der Waals surface area contributed by atoms with E-state index >= 15 is 0 Å². The maximum atomic E-state index is 13.6. The third-order valence-electron chi connectivity index (χ3n) is 6.37. The summed E-state index contributed by atoms with van der Waals surface area (Å²) in [5, 5.41) is 24.2. The number of aromatic hydroxyl groups is 1. The fourth-order valence-corrected chi connectivity index (χ4v) is 6.37. The molecule has 0 fully saturated rings. The van der Waals surface area contributed by atoms with Crippen molar-refractivity contribution in [3.63, 3.8) is 0 Å². The van der Waals surface area contributed by atoms with Gasteiger partial charge in [0.25, 0.3) is 0 Å². The van der Waals surface area contributed by atoms with Gasteiger partial charge in [0.15, 0.2) is 11.5 Å². The number of amides is 1. The molecule has 2 atom stereocenters. The number of nitrogens with one attached hydrogen (secondary N) is 1. The second-order valence-electron chi connectivity index (χ2n) is 10.0. The van der Waals surface area contributed by atoms with Crippen molar-refractivity contribution in [2.75, 3.05) is 26.5 Å². The van der Waals surface area contributed by atoms with Crippen molar-refractivity contribution < 1.29 is 28.2 Å². The standard InChI is InChI=1S/C30H38N2O6S2/c1-21(2)19-32(40(36,37)25-13-11-24(39-4)12-14-25)20-28(34)26(16-22-8-6-5-7-9-22)31-30(35)18-23-10-15-27(33)29(17-23)38-3/h5-15,17,21,26,28,33-34H,16,18-20H2,1-4H3,(H,31,35)/t26-,28+/m0/s1. The second kappa shape index (κ2) is 14.5. The van der Waals surface area contributed by atoms with Crippen molar-refractivity contribution >= 4 is 27.7 Å². The van der Waals surface area contributed by atoms with Crippen LogP contribution in [-0.4, -0.2) is 67.4 Å². The van der Waals surface area contributed by atoms with Gasteiger partial charge in [-0.15, -0.1) is 11.8 Å². The van der Waals surface area contributed by atoms with Gasteiger partial charge in [0.1, 0.15) is 0 Å². The normalized spacial score (nSPS) is 13.3. The van der Waals surface area contributed by atoms with Crippen LogP contribution in [0.4, 0.5) is 0 Å². The fraction of sp³-hybridized carbons (Fsp3) is 0.367. The first-order valence-electron chi connectivity index (χ1n) is 13.0. The highest BCUT2D eigenvalue weighted by atomic mass is 32.2. The zero-order chi connectivity index (χ0) is 29.3. The topological polar surface area (TPSA) is 116 Å². The molecule has 3 rings (SSSR count). The van der Waals surface area contributed by atoms with Crippen molar-refractivity contribution in [1.29, 1.82) is 0 Å². The van der Waals surface area contributed by atoms with Crippen molar-refractivity contribution in [3.8, 4) is 11.5 Å². The molecule has 216 valence electrons. The number of carbonyl (C=O) groups excluding carboxylic acids is 1. The third kappa shape index (κ3) is 8.72. The number of hydrogen-bond acceptors (Lipinski definition) is 7. The lowest BCUT2D eigenvalue weighted by Gasteiger charge is -2.31. The summed E-state index contributed by atoms with van der Waals surface area (Å²) in [6.07, 6.45) is 1.04. The molecular formula is C30H38N2O6S2. The Labute approximate surface area is 241 Å². The van der Waals surface area contributed by atoms with Crippen molar-refractivity contribution in [2.24, 2.45) is 5.92 Å². The highest BCUT2D eigenvalue weighted by Gasteiger charge is 2.31. The second-order valence-corrected chi connectivity index (χ2v) is 12.8. The molecule has 40 heavy (non-hydrogen) atoms. The molecule has 10 heteroatoms. The Balaban J connectivity index is 1.84. The van der Waals surface area contributed by atoms with Crippen LogP contribution in [0, 0.1) is 5.92 Å². The van der Waals surface area contributed by atoms with E-state index in [2.05, 4.69) is 5.32 Å². The van der Waals surface area contributed by atoms with Gasteiger partial charge in [0, 0.05) is 18.0 Å². The van der Waals surface area contributed by atoms with Gasteiger partial charge in [-0.2, -0.15) is 4.31 Å². The first-order chi connectivity index (χ1) is 19.0. The molecule has 0 aromatic heterocycles.